The number of hydrogen-bond donors (Lipinski definition) is 2. The van der Waals surface area contributed by atoms with E-state index in [1.807, 2.05) is 22.4 Å². The molecule has 0 spiro atoms. The van der Waals surface area contributed by atoms with Crippen molar-refractivity contribution < 1.29 is 14.6 Å². The van der Waals surface area contributed by atoms with E-state index in [9.17, 15) is 9.90 Å². The van der Waals surface area contributed by atoms with Crippen LogP contribution >= 0.6 is 11.3 Å². The second-order valence-electron chi connectivity index (χ2n) is 6.12. The van der Waals surface area contributed by atoms with Crippen LogP contribution in [0.25, 0.3) is 0 Å². The molecular weight excluding hydrogens is 312 g/mol. The average Bonchev–Trinajstić information content (AvgIpc) is 3.11. The Morgan fingerprint density at radius 1 is 1.52 bits per heavy atom. The van der Waals surface area contributed by atoms with E-state index >= 15 is 0 Å². The normalized spacial score (nSPS) is 26.0. The second-order valence-corrected chi connectivity index (χ2v) is 7.10. The van der Waals surface area contributed by atoms with Crippen molar-refractivity contribution in [2.45, 2.75) is 43.9 Å². The van der Waals surface area contributed by atoms with Crippen molar-refractivity contribution in [1.29, 1.82) is 0 Å². The summed E-state index contributed by atoms with van der Waals surface area (Å²) in [5, 5.41) is 15.5. The van der Waals surface area contributed by atoms with Gasteiger partial charge in [-0.2, -0.15) is 0 Å². The molecule has 1 fully saturated rings. The van der Waals surface area contributed by atoms with Gasteiger partial charge in [-0.25, -0.2) is 4.79 Å². The summed E-state index contributed by atoms with van der Waals surface area (Å²) in [6.45, 7) is 1.63. The quantitative estimate of drug-likeness (QED) is 0.831. The molecule has 2 amide bonds. The number of aliphatic hydroxyl groups is 1. The van der Waals surface area contributed by atoms with Crippen molar-refractivity contribution >= 4 is 17.4 Å². The van der Waals surface area contributed by atoms with Crippen LogP contribution in [0, 0.1) is 0 Å². The highest BCUT2D eigenvalue weighted by molar-refractivity contribution is 7.10. The summed E-state index contributed by atoms with van der Waals surface area (Å²) in [5.41, 5.74) is 0. The minimum atomic E-state index is -0.547. The number of ether oxygens (including phenoxy) is 1. The molecule has 0 aromatic carbocycles. The van der Waals surface area contributed by atoms with Crippen LogP contribution in [0.4, 0.5) is 4.79 Å². The lowest BCUT2D eigenvalue weighted by atomic mass is 10.0. The summed E-state index contributed by atoms with van der Waals surface area (Å²) in [7, 11) is 0. The molecule has 6 heteroatoms. The molecule has 2 heterocycles. The average molecular weight is 336 g/mol. The molecule has 1 aliphatic heterocycles. The predicted octanol–water partition coefficient (Wildman–Crippen LogP) is 2.69. The van der Waals surface area contributed by atoms with Crippen LogP contribution in [0.3, 0.4) is 0 Å². The zero-order valence-corrected chi connectivity index (χ0v) is 14.0. The molecule has 3 atom stereocenters. The topological polar surface area (TPSA) is 61.8 Å². The van der Waals surface area contributed by atoms with Crippen molar-refractivity contribution in [3.8, 4) is 0 Å². The molecule has 0 bridgehead atoms. The van der Waals surface area contributed by atoms with Crippen molar-refractivity contribution in [3.05, 3.63) is 34.5 Å². The Bertz CT molecular complexity index is 532. The number of carbonyl (C=O) groups is 1. The van der Waals surface area contributed by atoms with Gasteiger partial charge in [0.05, 0.1) is 25.4 Å². The second kappa shape index (κ2) is 7.95. The fourth-order valence-electron chi connectivity index (χ4n) is 3.15. The molecule has 2 N–H and O–H groups in total. The third-order valence-corrected chi connectivity index (χ3v) is 5.43. The number of hydrogen-bond acceptors (Lipinski definition) is 4. The van der Waals surface area contributed by atoms with Gasteiger partial charge in [0, 0.05) is 23.9 Å². The third-order valence-electron chi connectivity index (χ3n) is 4.45. The molecular formula is C17H24N2O3S. The smallest absolute Gasteiger partial charge is 0.318 e. The minimum Gasteiger partial charge on any atom is -0.387 e. The molecule has 1 saturated heterocycles. The van der Waals surface area contributed by atoms with E-state index in [0.717, 1.165) is 24.1 Å². The highest BCUT2D eigenvalue weighted by Gasteiger charge is 2.30. The first-order valence-electron chi connectivity index (χ1n) is 8.25. The molecule has 0 saturated carbocycles. The van der Waals surface area contributed by atoms with Gasteiger partial charge in [0.15, 0.2) is 0 Å². The van der Waals surface area contributed by atoms with Crippen LogP contribution in [0.15, 0.2) is 29.7 Å². The largest absolute Gasteiger partial charge is 0.387 e. The molecule has 3 rings (SSSR count). The summed E-state index contributed by atoms with van der Waals surface area (Å²) in [6.07, 6.45) is 7.18. The Balaban J connectivity index is 1.59. The van der Waals surface area contributed by atoms with Crippen LogP contribution in [-0.4, -0.2) is 47.9 Å². The number of thiophene rings is 1. The molecule has 5 nitrogen and oxygen atoms in total. The molecule has 1 aromatic rings. The van der Waals surface area contributed by atoms with Gasteiger partial charge in [-0.15, -0.1) is 11.3 Å². The molecule has 2 aliphatic rings. The molecule has 23 heavy (non-hydrogen) atoms. The van der Waals surface area contributed by atoms with Crippen LogP contribution in [0.2, 0.25) is 0 Å². The van der Waals surface area contributed by atoms with E-state index in [0.29, 0.717) is 26.2 Å². The first-order valence-corrected chi connectivity index (χ1v) is 9.13. The highest BCUT2D eigenvalue weighted by atomic mass is 32.1. The lowest BCUT2D eigenvalue weighted by molar-refractivity contribution is -0.00702. The Morgan fingerprint density at radius 3 is 3.17 bits per heavy atom. The molecule has 126 valence electrons. The Kier molecular flexibility index (Phi) is 5.70. The monoisotopic (exact) mass is 336 g/mol. The number of allylic oxidation sites excluding steroid dienone is 1. The van der Waals surface area contributed by atoms with Crippen LogP contribution in [0.1, 0.15) is 36.7 Å². The van der Waals surface area contributed by atoms with E-state index in [2.05, 4.69) is 17.5 Å². The third kappa shape index (κ3) is 4.34. The lowest BCUT2D eigenvalue weighted by Crippen LogP contribution is -2.54. The first kappa shape index (κ1) is 16.5. The van der Waals surface area contributed by atoms with E-state index in [1.165, 1.54) is 0 Å². The highest BCUT2D eigenvalue weighted by Crippen LogP contribution is 2.26. The van der Waals surface area contributed by atoms with Crippen LogP contribution in [-0.2, 0) is 4.74 Å². The van der Waals surface area contributed by atoms with Gasteiger partial charge in [-0.3, -0.25) is 0 Å². The summed E-state index contributed by atoms with van der Waals surface area (Å²) in [5.74, 6) is 0. The summed E-state index contributed by atoms with van der Waals surface area (Å²) >= 11 is 1.54. The molecule has 3 unspecified atom stereocenters. The number of carbonyl (C=O) groups excluding carboxylic acids is 1. The number of morpholine rings is 1. The van der Waals surface area contributed by atoms with Gasteiger partial charge < -0.3 is 20.1 Å². The Labute approximate surface area is 140 Å². The zero-order valence-electron chi connectivity index (χ0n) is 13.2. The SMILES string of the molecule is O=C(NC1CC=CCC1)N1CCOCC1CC(O)c1cccs1. The fraction of sp³-hybridized carbons (Fsp3) is 0.588. The van der Waals surface area contributed by atoms with Gasteiger partial charge in [0.1, 0.15) is 0 Å². The van der Waals surface area contributed by atoms with Crippen LogP contribution < -0.4 is 5.32 Å². The minimum absolute atomic E-state index is 0.0306. The standard InChI is InChI=1S/C17H24N2O3S/c20-15(16-7-4-10-23-16)11-14-12-22-9-8-19(14)17(21)18-13-5-2-1-3-6-13/h1-2,4,7,10,13-15,20H,3,5-6,8-9,11-12H2,(H,18,21). The van der Waals surface area contributed by atoms with E-state index in [-0.39, 0.29) is 18.1 Å². The molecule has 0 radical (unpaired) electrons. The van der Waals surface area contributed by atoms with Crippen molar-refractivity contribution in [3.63, 3.8) is 0 Å². The zero-order chi connectivity index (χ0) is 16.1. The van der Waals surface area contributed by atoms with Gasteiger partial charge in [-0.05, 0) is 30.7 Å². The summed E-state index contributed by atoms with van der Waals surface area (Å²) in [6, 6.07) is 3.97. The van der Waals surface area contributed by atoms with Crippen molar-refractivity contribution in [2.24, 2.45) is 0 Å². The summed E-state index contributed by atoms with van der Waals surface area (Å²) in [4.78, 5) is 15.4. The lowest BCUT2D eigenvalue weighted by Gasteiger charge is -2.37. The first-order chi connectivity index (χ1) is 11.2. The Morgan fingerprint density at radius 2 is 2.43 bits per heavy atom. The molecule has 1 aliphatic carbocycles. The number of nitrogens with zero attached hydrogens (tertiary/aromatic N) is 1. The van der Waals surface area contributed by atoms with Crippen LogP contribution in [0.5, 0.6) is 0 Å². The maximum atomic E-state index is 12.6. The van der Waals surface area contributed by atoms with Gasteiger partial charge >= 0.3 is 6.03 Å². The fourth-order valence-corrected chi connectivity index (χ4v) is 3.88. The van der Waals surface area contributed by atoms with Gasteiger partial charge in [0.25, 0.3) is 0 Å². The van der Waals surface area contributed by atoms with E-state index in [4.69, 9.17) is 4.74 Å². The van der Waals surface area contributed by atoms with E-state index < -0.39 is 6.10 Å². The van der Waals surface area contributed by atoms with E-state index in [1.54, 1.807) is 11.3 Å². The number of nitrogens with one attached hydrogen (secondary N) is 1. The number of aliphatic hydroxyl groups excluding tert-OH is 1. The maximum Gasteiger partial charge on any atom is 0.318 e. The van der Waals surface area contributed by atoms with Crippen molar-refractivity contribution in [2.75, 3.05) is 19.8 Å². The number of rotatable bonds is 4. The number of urea groups is 1. The number of amides is 2. The van der Waals surface area contributed by atoms with Gasteiger partial charge in [0.2, 0.25) is 0 Å². The van der Waals surface area contributed by atoms with Gasteiger partial charge in [-0.1, -0.05) is 18.2 Å². The van der Waals surface area contributed by atoms with Crippen molar-refractivity contribution in [1.82, 2.24) is 10.2 Å². The predicted molar refractivity (Wildman–Crippen MR) is 90.5 cm³/mol. The maximum absolute atomic E-state index is 12.6. The summed E-state index contributed by atoms with van der Waals surface area (Å²) < 4.78 is 5.53. The molecule has 1 aromatic heterocycles. The Hall–Kier alpha value is -1.37.